The Morgan fingerprint density at radius 2 is 2.25 bits per heavy atom. The third-order valence-corrected chi connectivity index (χ3v) is 2.32. The van der Waals surface area contributed by atoms with Gasteiger partial charge in [-0.3, -0.25) is 0 Å². The van der Waals surface area contributed by atoms with Crippen LogP contribution in [-0.2, 0) is 6.54 Å². The van der Waals surface area contributed by atoms with Gasteiger partial charge in [0.15, 0.2) is 11.5 Å². The monoisotopic (exact) mass is 218 g/mol. The number of hydrogen-bond acceptors (Lipinski definition) is 3. The number of hydrogen-bond donors (Lipinski definition) is 3. The number of phenolic OH excluding ortho intramolecular Hbond substituents is 1. The van der Waals surface area contributed by atoms with Gasteiger partial charge in [-0.05, 0) is 24.3 Å². The second-order valence-electron chi connectivity index (χ2n) is 3.44. The quantitative estimate of drug-likeness (QED) is 0.738. The van der Waals surface area contributed by atoms with Crippen molar-refractivity contribution in [2.24, 2.45) is 0 Å². The highest BCUT2D eigenvalue weighted by atomic mass is 16.5. The Morgan fingerprint density at radius 1 is 1.38 bits per heavy atom. The highest BCUT2D eigenvalue weighted by molar-refractivity contribution is 5.54. The number of benzene rings is 1. The summed E-state index contributed by atoms with van der Waals surface area (Å²) >= 11 is 0. The summed E-state index contributed by atoms with van der Waals surface area (Å²) in [4.78, 5) is 3.09. The predicted molar refractivity (Wildman–Crippen MR) is 62.8 cm³/mol. The molecule has 0 fully saturated rings. The van der Waals surface area contributed by atoms with Crippen molar-refractivity contribution in [3.05, 3.63) is 42.2 Å². The van der Waals surface area contributed by atoms with Crippen LogP contribution in [0.2, 0.25) is 0 Å². The first-order valence-electron chi connectivity index (χ1n) is 5.03. The van der Waals surface area contributed by atoms with E-state index in [9.17, 15) is 5.11 Å². The summed E-state index contributed by atoms with van der Waals surface area (Å²) < 4.78 is 4.97. The first-order valence-corrected chi connectivity index (χ1v) is 5.03. The van der Waals surface area contributed by atoms with Crippen molar-refractivity contribution >= 4 is 5.69 Å². The van der Waals surface area contributed by atoms with Gasteiger partial charge < -0.3 is 20.1 Å². The average Bonchev–Trinajstić information content (AvgIpc) is 2.79. The lowest BCUT2D eigenvalue weighted by molar-refractivity contribution is 0.373. The summed E-state index contributed by atoms with van der Waals surface area (Å²) in [6.45, 7) is 0.693. The second kappa shape index (κ2) is 4.61. The number of aromatic nitrogens is 1. The zero-order valence-electron chi connectivity index (χ0n) is 9.03. The van der Waals surface area contributed by atoms with Crippen LogP contribution in [0.4, 0.5) is 5.69 Å². The highest BCUT2D eigenvalue weighted by Crippen LogP contribution is 2.28. The molecule has 2 aromatic rings. The number of rotatable bonds is 4. The molecule has 4 nitrogen and oxygen atoms in total. The van der Waals surface area contributed by atoms with Gasteiger partial charge in [0.1, 0.15) is 0 Å². The van der Waals surface area contributed by atoms with Gasteiger partial charge in [-0.25, -0.2) is 0 Å². The lowest BCUT2D eigenvalue weighted by atomic mass is 10.2. The number of aromatic amines is 1. The number of aromatic hydroxyl groups is 1. The Hall–Kier alpha value is -2.10. The SMILES string of the molecule is COc1ccc(NCc2ccc[nH]2)cc1O. The molecule has 3 N–H and O–H groups in total. The summed E-state index contributed by atoms with van der Waals surface area (Å²) in [5, 5.41) is 12.8. The van der Waals surface area contributed by atoms with Gasteiger partial charge in [0.05, 0.1) is 13.7 Å². The molecule has 0 saturated heterocycles. The maximum Gasteiger partial charge on any atom is 0.160 e. The molecule has 0 unspecified atom stereocenters. The third-order valence-electron chi connectivity index (χ3n) is 2.32. The zero-order chi connectivity index (χ0) is 11.4. The minimum Gasteiger partial charge on any atom is -0.504 e. The second-order valence-corrected chi connectivity index (χ2v) is 3.44. The number of anilines is 1. The highest BCUT2D eigenvalue weighted by Gasteiger charge is 2.02. The van der Waals surface area contributed by atoms with Crippen molar-refractivity contribution in [2.45, 2.75) is 6.54 Å². The zero-order valence-corrected chi connectivity index (χ0v) is 9.03. The summed E-state index contributed by atoms with van der Waals surface area (Å²) in [6.07, 6.45) is 1.88. The minimum atomic E-state index is 0.138. The number of phenols is 1. The molecule has 0 radical (unpaired) electrons. The standard InChI is InChI=1S/C12H14N2O2/c1-16-12-5-4-9(7-11(12)15)14-8-10-3-2-6-13-10/h2-7,13-15H,8H2,1H3. The number of nitrogens with one attached hydrogen (secondary N) is 2. The molecule has 0 amide bonds. The van der Waals surface area contributed by atoms with E-state index in [4.69, 9.17) is 4.74 Å². The van der Waals surface area contributed by atoms with Crippen LogP contribution < -0.4 is 10.1 Å². The normalized spacial score (nSPS) is 10.1. The molecule has 1 aromatic heterocycles. The molecule has 1 heterocycles. The fourth-order valence-electron chi connectivity index (χ4n) is 1.47. The van der Waals surface area contributed by atoms with Crippen molar-refractivity contribution in [3.63, 3.8) is 0 Å². The molecule has 84 valence electrons. The van der Waals surface area contributed by atoms with Crippen LogP contribution in [0.15, 0.2) is 36.5 Å². The lowest BCUT2D eigenvalue weighted by Crippen LogP contribution is -1.99. The van der Waals surface area contributed by atoms with E-state index < -0.39 is 0 Å². The minimum absolute atomic E-state index is 0.138. The Balaban J connectivity index is 2.02. The van der Waals surface area contributed by atoms with E-state index in [-0.39, 0.29) is 5.75 Å². The van der Waals surface area contributed by atoms with Crippen molar-refractivity contribution in [1.82, 2.24) is 4.98 Å². The maximum atomic E-state index is 9.58. The van der Waals surface area contributed by atoms with Crippen LogP contribution in [0.1, 0.15) is 5.69 Å². The van der Waals surface area contributed by atoms with Crippen LogP contribution in [0.3, 0.4) is 0 Å². The average molecular weight is 218 g/mol. The number of methoxy groups -OCH3 is 1. The topological polar surface area (TPSA) is 57.3 Å². The fourth-order valence-corrected chi connectivity index (χ4v) is 1.47. The lowest BCUT2D eigenvalue weighted by Gasteiger charge is -2.08. The van der Waals surface area contributed by atoms with Gasteiger partial charge in [0.25, 0.3) is 0 Å². The molecule has 0 saturated carbocycles. The first-order chi connectivity index (χ1) is 7.79. The third kappa shape index (κ3) is 2.28. The molecular formula is C12H14N2O2. The van der Waals surface area contributed by atoms with Crippen LogP contribution in [0.5, 0.6) is 11.5 Å². The van der Waals surface area contributed by atoms with Gasteiger partial charge in [-0.15, -0.1) is 0 Å². The van der Waals surface area contributed by atoms with E-state index in [0.717, 1.165) is 11.4 Å². The largest absolute Gasteiger partial charge is 0.504 e. The van der Waals surface area contributed by atoms with Crippen molar-refractivity contribution < 1.29 is 9.84 Å². The molecule has 0 aliphatic heterocycles. The molecular weight excluding hydrogens is 204 g/mol. The Kier molecular flexibility index (Phi) is 3.00. The molecule has 0 aliphatic rings. The van der Waals surface area contributed by atoms with Crippen LogP contribution in [0.25, 0.3) is 0 Å². The molecule has 0 atom stereocenters. The molecule has 16 heavy (non-hydrogen) atoms. The molecule has 0 aliphatic carbocycles. The summed E-state index contributed by atoms with van der Waals surface area (Å²) in [5.74, 6) is 0.615. The van der Waals surface area contributed by atoms with Crippen LogP contribution in [0, 0.1) is 0 Å². The van der Waals surface area contributed by atoms with Gasteiger partial charge >= 0.3 is 0 Å². The van der Waals surface area contributed by atoms with E-state index in [1.807, 2.05) is 24.4 Å². The van der Waals surface area contributed by atoms with Gasteiger partial charge in [0.2, 0.25) is 0 Å². The smallest absolute Gasteiger partial charge is 0.160 e. The van der Waals surface area contributed by atoms with Gasteiger partial charge in [0, 0.05) is 23.6 Å². The predicted octanol–water partition coefficient (Wildman–Crippen LogP) is 2.34. The number of H-pyrrole nitrogens is 1. The summed E-state index contributed by atoms with van der Waals surface area (Å²) in [7, 11) is 1.53. The molecule has 0 bridgehead atoms. The summed E-state index contributed by atoms with van der Waals surface area (Å²) in [6, 6.07) is 9.18. The Morgan fingerprint density at radius 3 is 2.88 bits per heavy atom. The van der Waals surface area contributed by atoms with E-state index in [2.05, 4.69) is 10.3 Å². The molecule has 4 heteroatoms. The van der Waals surface area contributed by atoms with Crippen molar-refractivity contribution in [2.75, 3.05) is 12.4 Å². The maximum absolute atomic E-state index is 9.58. The fraction of sp³-hybridized carbons (Fsp3) is 0.167. The van der Waals surface area contributed by atoms with Crippen molar-refractivity contribution in [3.8, 4) is 11.5 Å². The summed E-state index contributed by atoms with van der Waals surface area (Å²) in [5.41, 5.74) is 1.95. The molecule has 1 aromatic carbocycles. The molecule has 0 spiro atoms. The number of ether oxygens (including phenoxy) is 1. The first kappa shape index (κ1) is 10.4. The Bertz CT molecular complexity index is 452. The van der Waals surface area contributed by atoms with Crippen LogP contribution >= 0.6 is 0 Å². The van der Waals surface area contributed by atoms with Gasteiger partial charge in [-0.1, -0.05) is 0 Å². The van der Waals surface area contributed by atoms with E-state index in [0.29, 0.717) is 12.3 Å². The van der Waals surface area contributed by atoms with Crippen molar-refractivity contribution in [1.29, 1.82) is 0 Å². The van der Waals surface area contributed by atoms with E-state index in [1.165, 1.54) is 7.11 Å². The van der Waals surface area contributed by atoms with Crippen LogP contribution in [-0.4, -0.2) is 17.2 Å². The van der Waals surface area contributed by atoms with E-state index in [1.54, 1.807) is 12.1 Å². The Labute approximate surface area is 93.9 Å². The van der Waals surface area contributed by atoms with Gasteiger partial charge in [-0.2, -0.15) is 0 Å². The molecule has 2 rings (SSSR count). The van der Waals surface area contributed by atoms with E-state index >= 15 is 0 Å².